The van der Waals surface area contributed by atoms with Crippen molar-refractivity contribution in [3.63, 3.8) is 0 Å². The van der Waals surface area contributed by atoms with E-state index in [2.05, 4.69) is 4.98 Å². The summed E-state index contributed by atoms with van der Waals surface area (Å²) in [6.07, 6.45) is -0.220. The molecule has 0 fully saturated rings. The Kier molecular flexibility index (Phi) is 7.39. The number of nitrogens with one attached hydrogen (secondary N) is 1. The van der Waals surface area contributed by atoms with Crippen LogP contribution in [0.15, 0.2) is 64.2 Å². The second-order valence-electron chi connectivity index (χ2n) is 7.17. The molecule has 0 aliphatic carbocycles. The van der Waals surface area contributed by atoms with Crippen LogP contribution in [0.5, 0.6) is 0 Å². The number of benzene rings is 2. The second-order valence-corrected chi connectivity index (χ2v) is 7.17. The zero-order valence-electron chi connectivity index (χ0n) is 17.9. The molecular weight excluding hydrogens is 431 g/mol. The number of amides is 1. The number of aromatic amines is 1. The summed E-state index contributed by atoms with van der Waals surface area (Å²) < 4.78 is 19.4. The van der Waals surface area contributed by atoms with Crippen molar-refractivity contribution >= 4 is 23.4 Å². The first-order valence-electron chi connectivity index (χ1n) is 10.2. The number of esters is 1. The van der Waals surface area contributed by atoms with Gasteiger partial charge in [0.2, 0.25) is 0 Å². The van der Waals surface area contributed by atoms with Gasteiger partial charge >= 0.3 is 11.7 Å². The minimum atomic E-state index is -0.830. The van der Waals surface area contributed by atoms with E-state index >= 15 is 0 Å². The molecule has 0 spiro atoms. The summed E-state index contributed by atoms with van der Waals surface area (Å²) in [6.45, 7) is 1.08. The van der Waals surface area contributed by atoms with Gasteiger partial charge in [-0.25, -0.2) is 9.18 Å². The Morgan fingerprint density at radius 2 is 1.79 bits per heavy atom. The van der Waals surface area contributed by atoms with Crippen molar-refractivity contribution in [3.8, 4) is 0 Å². The lowest BCUT2D eigenvalue weighted by Gasteiger charge is -2.23. The van der Waals surface area contributed by atoms with E-state index in [-0.39, 0.29) is 31.0 Å². The van der Waals surface area contributed by atoms with Crippen LogP contribution in [0.3, 0.4) is 0 Å². The fourth-order valence-corrected chi connectivity index (χ4v) is 3.31. The molecule has 1 aromatic heterocycles. The number of carbonyl (C=O) groups excluding carboxylic acids is 2. The Balaban J connectivity index is 1.78. The number of ether oxygens (including phenoxy) is 1. The van der Waals surface area contributed by atoms with Crippen LogP contribution in [-0.2, 0) is 27.3 Å². The van der Waals surface area contributed by atoms with E-state index in [0.29, 0.717) is 5.56 Å². The Bertz CT molecular complexity index is 1270. The molecular formula is C23H23FN4O5. The fourth-order valence-electron chi connectivity index (χ4n) is 3.31. The maximum absolute atomic E-state index is 13.3. The van der Waals surface area contributed by atoms with E-state index in [9.17, 15) is 23.6 Å². The highest BCUT2D eigenvalue weighted by Gasteiger charge is 2.24. The van der Waals surface area contributed by atoms with E-state index in [1.807, 2.05) is 6.07 Å². The Labute approximate surface area is 188 Å². The SMILES string of the molecule is CCN(C(=O)COC(=O)Cc1cccc(F)c1)c1c(N)n(Cc2ccccc2)c(=O)[nH]c1=O. The molecule has 1 amide bonds. The summed E-state index contributed by atoms with van der Waals surface area (Å²) in [5.74, 6) is -2.11. The number of halogens is 1. The third-order valence-electron chi connectivity index (χ3n) is 4.88. The predicted molar refractivity (Wildman–Crippen MR) is 120 cm³/mol. The number of H-pyrrole nitrogens is 1. The molecule has 3 N–H and O–H groups in total. The van der Waals surface area contributed by atoms with Crippen molar-refractivity contribution in [2.75, 3.05) is 23.8 Å². The number of nitrogens with two attached hydrogens (primary N) is 1. The standard InChI is InChI=1S/C23H23FN4O5/c1-2-27(18(29)14-33-19(30)12-16-9-6-10-17(24)11-16)20-21(25)28(23(32)26-22(20)31)13-15-7-4-3-5-8-15/h3-11H,2,12-14,25H2,1H3,(H,26,31,32). The van der Waals surface area contributed by atoms with Crippen molar-refractivity contribution in [2.45, 2.75) is 19.9 Å². The molecule has 1 heterocycles. The van der Waals surface area contributed by atoms with Crippen molar-refractivity contribution in [2.24, 2.45) is 0 Å². The minimum Gasteiger partial charge on any atom is -0.455 e. The number of hydrogen-bond acceptors (Lipinski definition) is 6. The zero-order chi connectivity index (χ0) is 24.0. The molecule has 0 saturated carbocycles. The highest BCUT2D eigenvalue weighted by molar-refractivity contribution is 5.97. The highest BCUT2D eigenvalue weighted by atomic mass is 19.1. The summed E-state index contributed by atoms with van der Waals surface area (Å²) in [4.78, 5) is 52.9. The molecule has 2 aromatic carbocycles. The van der Waals surface area contributed by atoms with Gasteiger partial charge in [-0.2, -0.15) is 0 Å². The first-order valence-corrected chi connectivity index (χ1v) is 10.2. The number of rotatable bonds is 8. The van der Waals surface area contributed by atoms with Crippen LogP contribution in [0.4, 0.5) is 15.9 Å². The van der Waals surface area contributed by atoms with Crippen molar-refractivity contribution < 1.29 is 18.7 Å². The van der Waals surface area contributed by atoms with Crippen LogP contribution in [-0.4, -0.2) is 34.6 Å². The summed E-state index contributed by atoms with van der Waals surface area (Å²) in [7, 11) is 0. The number of nitrogen functional groups attached to an aromatic ring is 1. The average molecular weight is 454 g/mol. The van der Waals surface area contributed by atoms with E-state index < -0.39 is 35.5 Å². The Hall–Kier alpha value is -4.21. The third-order valence-corrected chi connectivity index (χ3v) is 4.88. The largest absolute Gasteiger partial charge is 0.455 e. The Morgan fingerprint density at radius 1 is 1.09 bits per heavy atom. The van der Waals surface area contributed by atoms with Crippen LogP contribution in [0, 0.1) is 5.82 Å². The fraction of sp³-hybridized carbons (Fsp3) is 0.217. The quantitative estimate of drug-likeness (QED) is 0.496. The molecule has 0 saturated heterocycles. The minimum absolute atomic E-state index is 0.0388. The summed E-state index contributed by atoms with van der Waals surface area (Å²) in [5.41, 5.74) is 5.54. The molecule has 0 bridgehead atoms. The lowest BCUT2D eigenvalue weighted by atomic mass is 10.1. The van der Waals surface area contributed by atoms with Gasteiger partial charge in [0.1, 0.15) is 11.6 Å². The number of hydrogen-bond donors (Lipinski definition) is 2. The molecule has 0 aliphatic rings. The number of likely N-dealkylation sites (N-methyl/N-ethyl adjacent to an activating group) is 1. The second kappa shape index (κ2) is 10.4. The molecule has 0 unspecified atom stereocenters. The molecule has 9 nitrogen and oxygen atoms in total. The summed E-state index contributed by atoms with van der Waals surface area (Å²) >= 11 is 0. The van der Waals surface area contributed by atoms with Crippen LogP contribution in [0.2, 0.25) is 0 Å². The molecule has 0 aliphatic heterocycles. The van der Waals surface area contributed by atoms with Crippen LogP contribution < -0.4 is 21.9 Å². The first kappa shape index (κ1) is 23.5. The predicted octanol–water partition coefficient (Wildman–Crippen LogP) is 1.44. The monoisotopic (exact) mass is 454 g/mol. The molecule has 0 radical (unpaired) electrons. The molecule has 172 valence electrons. The van der Waals surface area contributed by atoms with Gasteiger partial charge in [-0.05, 0) is 30.2 Å². The Morgan fingerprint density at radius 3 is 2.45 bits per heavy atom. The van der Waals surface area contributed by atoms with Crippen molar-refractivity contribution in [1.82, 2.24) is 9.55 Å². The number of anilines is 2. The van der Waals surface area contributed by atoms with E-state index in [1.165, 1.54) is 18.2 Å². The number of nitrogens with zero attached hydrogens (tertiary/aromatic N) is 2. The van der Waals surface area contributed by atoms with Gasteiger partial charge in [-0.15, -0.1) is 0 Å². The summed E-state index contributed by atoms with van der Waals surface area (Å²) in [5, 5.41) is 0. The van der Waals surface area contributed by atoms with Crippen molar-refractivity contribution in [1.29, 1.82) is 0 Å². The topological polar surface area (TPSA) is 127 Å². The molecule has 33 heavy (non-hydrogen) atoms. The van der Waals surface area contributed by atoms with Gasteiger partial charge in [-0.3, -0.25) is 23.9 Å². The third kappa shape index (κ3) is 5.73. The van der Waals surface area contributed by atoms with Gasteiger partial charge in [0.25, 0.3) is 11.5 Å². The van der Waals surface area contributed by atoms with Crippen LogP contribution in [0.25, 0.3) is 0 Å². The lowest BCUT2D eigenvalue weighted by Crippen LogP contribution is -2.42. The number of carbonyl (C=O) groups is 2. The smallest absolute Gasteiger partial charge is 0.330 e. The first-order chi connectivity index (χ1) is 15.8. The van der Waals surface area contributed by atoms with Gasteiger partial charge < -0.3 is 15.4 Å². The maximum Gasteiger partial charge on any atom is 0.330 e. The summed E-state index contributed by atoms with van der Waals surface area (Å²) in [6, 6.07) is 14.4. The zero-order valence-corrected chi connectivity index (χ0v) is 17.9. The van der Waals surface area contributed by atoms with Crippen LogP contribution in [0.1, 0.15) is 18.1 Å². The van der Waals surface area contributed by atoms with Gasteiger partial charge in [0, 0.05) is 6.54 Å². The van der Waals surface area contributed by atoms with Crippen molar-refractivity contribution in [3.05, 3.63) is 92.4 Å². The van der Waals surface area contributed by atoms with Gasteiger partial charge in [0.15, 0.2) is 12.3 Å². The highest BCUT2D eigenvalue weighted by Crippen LogP contribution is 2.18. The normalized spacial score (nSPS) is 10.6. The van der Waals surface area contributed by atoms with Gasteiger partial charge in [0.05, 0.1) is 13.0 Å². The molecule has 10 heteroatoms. The average Bonchev–Trinajstić information content (AvgIpc) is 2.78. The lowest BCUT2D eigenvalue weighted by molar-refractivity contribution is -0.147. The molecule has 3 aromatic rings. The molecule has 0 atom stereocenters. The maximum atomic E-state index is 13.3. The van der Waals surface area contributed by atoms with Gasteiger partial charge in [-0.1, -0.05) is 42.5 Å². The number of aromatic nitrogens is 2. The molecule has 3 rings (SSSR count). The van der Waals surface area contributed by atoms with E-state index in [4.69, 9.17) is 10.5 Å². The van der Waals surface area contributed by atoms with E-state index in [0.717, 1.165) is 15.0 Å². The van der Waals surface area contributed by atoms with Crippen LogP contribution >= 0.6 is 0 Å². The van der Waals surface area contributed by atoms with E-state index in [1.54, 1.807) is 37.3 Å².